The molecule has 12 heteroatoms. The SMILES string of the molecule is Cc1ccc(S(=O)(=O)O)cc1.Cc1ccc(S(=O)(=O)O)cc1.OCCCOCCOCCCO. The molecule has 0 saturated carbocycles. The summed E-state index contributed by atoms with van der Waals surface area (Å²) in [5.41, 5.74) is 1.91. The van der Waals surface area contributed by atoms with Crippen LogP contribution in [0, 0.1) is 13.8 Å². The van der Waals surface area contributed by atoms with Crippen LogP contribution < -0.4 is 0 Å². The molecule has 0 amide bonds. The lowest BCUT2D eigenvalue weighted by molar-refractivity contribution is 0.0380. The number of hydrogen-bond donors (Lipinski definition) is 4. The highest BCUT2D eigenvalue weighted by atomic mass is 32.2. The van der Waals surface area contributed by atoms with Gasteiger partial charge < -0.3 is 19.7 Å². The van der Waals surface area contributed by atoms with E-state index in [1.54, 1.807) is 24.3 Å². The third-order valence-corrected chi connectivity index (χ3v) is 5.64. The van der Waals surface area contributed by atoms with Gasteiger partial charge in [0.05, 0.1) is 23.0 Å². The van der Waals surface area contributed by atoms with Crippen LogP contribution in [0.25, 0.3) is 0 Å². The fraction of sp³-hybridized carbons (Fsp3) is 0.455. The lowest BCUT2D eigenvalue weighted by Crippen LogP contribution is -2.07. The van der Waals surface area contributed by atoms with Gasteiger partial charge in [-0.2, -0.15) is 16.8 Å². The zero-order valence-corrected chi connectivity index (χ0v) is 21.0. The van der Waals surface area contributed by atoms with Gasteiger partial charge in [-0.15, -0.1) is 0 Å². The summed E-state index contributed by atoms with van der Waals surface area (Å²) in [4.78, 5) is -0.133. The summed E-state index contributed by atoms with van der Waals surface area (Å²) in [6.07, 6.45) is 1.35. The standard InChI is InChI=1S/C8H18O4.2C7H8O3S/c9-3-1-5-11-7-8-12-6-2-4-10;2*1-6-2-4-7(5-3-6)11(8,9)10/h9-10H,1-8H2;2*2-5H,1H3,(H,8,9,10). The molecule has 34 heavy (non-hydrogen) atoms. The molecular weight excluding hydrogens is 488 g/mol. The minimum Gasteiger partial charge on any atom is -0.396 e. The lowest BCUT2D eigenvalue weighted by Gasteiger charge is -2.03. The second kappa shape index (κ2) is 17.5. The second-order valence-electron chi connectivity index (χ2n) is 6.96. The predicted molar refractivity (Wildman–Crippen MR) is 127 cm³/mol. The van der Waals surface area contributed by atoms with Crippen molar-refractivity contribution in [2.45, 2.75) is 36.5 Å². The topological polar surface area (TPSA) is 168 Å². The van der Waals surface area contributed by atoms with Gasteiger partial charge in [0.15, 0.2) is 0 Å². The normalized spacial score (nSPS) is 11.1. The van der Waals surface area contributed by atoms with E-state index >= 15 is 0 Å². The first-order chi connectivity index (χ1) is 15.9. The average Bonchev–Trinajstić information content (AvgIpc) is 2.76. The molecule has 0 aromatic heterocycles. The van der Waals surface area contributed by atoms with Crippen molar-refractivity contribution < 1.29 is 45.6 Å². The number of aryl methyl sites for hydroxylation is 2. The van der Waals surface area contributed by atoms with Gasteiger partial charge >= 0.3 is 0 Å². The molecule has 194 valence electrons. The van der Waals surface area contributed by atoms with Crippen molar-refractivity contribution in [3.8, 4) is 0 Å². The highest BCUT2D eigenvalue weighted by molar-refractivity contribution is 7.86. The Morgan fingerprint density at radius 2 is 0.882 bits per heavy atom. The van der Waals surface area contributed by atoms with E-state index in [4.69, 9.17) is 28.8 Å². The Hall–Kier alpha value is -1.90. The second-order valence-corrected chi connectivity index (χ2v) is 9.80. The van der Waals surface area contributed by atoms with Crippen LogP contribution in [0.4, 0.5) is 0 Å². The van der Waals surface area contributed by atoms with Crippen molar-refractivity contribution in [1.29, 1.82) is 0 Å². The molecule has 2 aromatic rings. The Bertz CT molecular complexity index is 903. The van der Waals surface area contributed by atoms with Crippen LogP contribution in [-0.2, 0) is 29.7 Å². The Labute approximate surface area is 201 Å². The summed E-state index contributed by atoms with van der Waals surface area (Å²) in [5, 5.41) is 16.8. The molecule has 0 aliphatic carbocycles. The number of aliphatic hydroxyl groups is 2. The average molecular weight is 523 g/mol. The summed E-state index contributed by atoms with van der Waals surface area (Å²) in [6.45, 7) is 6.31. The van der Waals surface area contributed by atoms with E-state index in [0.717, 1.165) is 11.1 Å². The molecule has 0 heterocycles. The van der Waals surface area contributed by atoms with Crippen molar-refractivity contribution in [2.24, 2.45) is 0 Å². The molecule has 0 aliphatic heterocycles. The van der Waals surface area contributed by atoms with Crippen molar-refractivity contribution in [1.82, 2.24) is 0 Å². The molecule has 4 N–H and O–H groups in total. The highest BCUT2D eigenvalue weighted by Gasteiger charge is 2.07. The minimum atomic E-state index is -4.02. The molecule has 0 unspecified atom stereocenters. The van der Waals surface area contributed by atoms with Crippen molar-refractivity contribution in [2.75, 3.05) is 39.6 Å². The molecule has 0 radical (unpaired) electrons. The lowest BCUT2D eigenvalue weighted by atomic mass is 10.2. The first-order valence-electron chi connectivity index (χ1n) is 10.4. The molecule has 0 bridgehead atoms. The maximum absolute atomic E-state index is 10.5. The maximum atomic E-state index is 10.5. The zero-order chi connectivity index (χ0) is 26.0. The number of benzene rings is 2. The molecule has 0 fully saturated rings. The van der Waals surface area contributed by atoms with Crippen LogP contribution in [0.5, 0.6) is 0 Å². The molecule has 2 rings (SSSR count). The summed E-state index contributed by atoms with van der Waals surface area (Å²) < 4.78 is 69.3. The van der Waals surface area contributed by atoms with E-state index in [9.17, 15) is 16.8 Å². The summed E-state index contributed by atoms with van der Waals surface area (Å²) >= 11 is 0. The minimum absolute atomic E-state index is 0.0666. The smallest absolute Gasteiger partial charge is 0.294 e. The molecular formula is C22H34O10S2. The third kappa shape index (κ3) is 16.7. The van der Waals surface area contributed by atoms with Crippen LogP contribution in [0.3, 0.4) is 0 Å². The number of hydrogen-bond acceptors (Lipinski definition) is 8. The molecule has 0 aliphatic rings. The van der Waals surface area contributed by atoms with Crippen LogP contribution in [0.15, 0.2) is 58.3 Å². The monoisotopic (exact) mass is 522 g/mol. The number of rotatable bonds is 11. The fourth-order valence-electron chi connectivity index (χ4n) is 2.08. The molecule has 0 spiro atoms. The van der Waals surface area contributed by atoms with Gasteiger partial charge in [-0.3, -0.25) is 9.11 Å². The van der Waals surface area contributed by atoms with Crippen LogP contribution >= 0.6 is 0 Å². The molecule has 0 atom stereocenters. The van der Waals surface area contributed by atoms with E-state index in [1.807, 2.05) is 13.8 Å². The van der Waals surface area contributed by atoms with Crippen molar-refractivity contribution in [3.05, 3.63) is 59.7 Å². The largest absolute Gasteiger partial charge is 0.396 e. The van der Waals surface area contributed by atoms with E-state index in [1.165, 1.54) is 24.3 Å². The van der Waals surface area contributed by atoms with Gasteiger partial charge in [0.2, 0.25) is 0 Å². The van der Waals surface area contributed by atoms with Gasteiger partial charge in [0.25, 0.3) is 20.2 Å². The predicted octanol–water partition coefficient (Wildman–Crippen LogP) is 2.27. The highest BCUT2D eigenvalue weighted by Crippen LogP contribution is 2.09. The molecule has 10 nitrogen and oxygen atoms in total. The Morgan fingerprint density at radius 3 is 1.12 bits per heavy atom. The van der Waals surface area contributed by atoms with Crippen molar-refractivity contribution >= 4 is 20.2 Å². The van der Waals surface area contributed by atoms with Crippen LogP contribution in [0.2, 0.25) is 0 Å². The van der Waals surface area contributed by atoms with Gasteiger partial charge in [0, 0.05) is 26.4 Å². The Balaban J connectivity index is 0.000000481. The first kappa shape index (κ1) is 32.1. The van der Waals surface area contributed by atoms with E-state index in [0.29, 0.717) is 39.3 Å². The maximum Gasteiger partial charge on any atom is 0.294 e. The quantitative estimate of drug-likeness (QED) is 0.254. The summed E-state index contributed by atoms with van der Waals surface area (Å²) in [6, 6.07) is 12.0. The van der Waals surface area contributed by atoms with Crippen LogP contribution in [0.1, 0.15) is 24.0 Å². The summed E-state index contributed by atoms with van der Waals surface area (Å²) in [5.74, 6) is 0. The fourth-order valence-corrected chi connectivity index (χ4v) is 3.04. The Morgan fingerprint density at radius 1 is 0.588 bits per heavy atom. The third-order valence-electron chi connectivity index (χ3n) is 3.90. The van der Waals surface area contributed by atoms with Gasteiger partial charge in [-0.25, -0.2) is 0 Å². The van der Waals surface area contributed by atoms with E-state index in [-0.39, 0.29) is 23.0 Å². The van der Waals surface area contributed by atoms with Gasteiger partial charge in [-0.05, 0) is 51.0 Å². The van der Waals surface area contributed by atoms with Crippen molar-refractivity contribution in [3.63, 3.8) is 0 Å². The molecule has 2 aromatic carbocycles. The first-order valence-corrected chi connectivity index (χ1v) is 13.3. The molecule has 0 saturated heterocycles. The number of aliphatic hydroxyl groups excluding tert-OH is 2. The van der Waals surface area contributed by atoms with E-state index in [2.05, 4.69) is 0 Å². The Kier molecular flexibility index (Phi) is 16.5. The zero-order valence-electron chi connectivity index (χ0n) is 19.3. The van der Waals surface area contributed by atoms with Crippen LogP contribution in [-0.4, -0.2) is 75.8 Å². The summed E-state index contributed by atoms with van der Waals surface area (Å²) in [7, 11) is -8.04. The van der Waals surface area contributed by atoms with E-state index < -0.39 is 20.2 Å². The van der Waals surface area contributed by atoms with Gasteiger partial charge in [-0.1, -0.05) is 35.4 Å². The van der Waals surface area contributed by atoms with Gasteiger partial charge in [0.1, 0.15) is 0 Å². The number of ether oxygens (including phenoxy) is 2.